The van der Waals surface area contributed by atoms with Gasteiger partial charge in [0.25, 0.3) is 0 Å². The van der Waals surface area contributed by atoms with E-state index in [-0.39, 0.29) is 21.2 Å². The van der Waals surface area contributed by atoms with Gasteiger partial charge in [-0.1, -0.05) is 37.6 Å². The topological polar surface area (TPSA) is 0 Å². The molecule has 0 spiro atoms. The first-order valence-corrected chi connectivity index (χ1v) is 20.4. The summed E-state index contributed by atoms with van der Waals surface area (Å²) in [7, 11) is 0. The van der Waals surface area contributed by atoms with Crippen molar-refractivity contribution in [2.45, 2.75) is 148 Å². The van der Waals surface area contributed by atoms with Crippen LogP contribution in [0.15, 0.2) is 77.9 Å². The first-order valence-electron chi connectivity index (χ1n) is 18.3. The molecule has 0 bridgehead atoms. The van der Waals surface area contributed by atoms with Crippen molar-refractivity contribution in [3.8, 4) is 0 Å². The van der Waals surface area contributed by atoms with E-state index in [0.717, 1.165) is 18.3 Å². The van der Waals surface area contributed by atoms with Crippen LogP contribution in [0.5, 0.6) is 0 Å². The fourth-order valence-corrected chi connectivity index (χ4v) is 11.1. The molecular weight excluding hydrogens is 655 g/mol. The third kappa shape index (κ3) is 10.2. The number of aryl methyl sites for hydroxylation is 2. The molecule has 1 fully saturated rings. The molecule has 3 atom stereocenters. The molecule has 0 saturated heterocycles. The predicted molar refractivity (Wildman–Crippen MR) is 195 cm³/mol. The van der Waals surface area contributed by atoms with Gasteiger partial charge in [-0.3, -0.25) is 0 Å². The Labute approximate surface area is 288 Å². The molecule has 1 heteroatoms. The van der Waals surface area contributed by atoms with Gasteiger partial charge >= 0.3 is 176 Å². The summed E-state index contributed by atoms with van der Waals surface area (Å²) in [6.45, 7) is 27.9. The van der Waals surface area contributed by atoms with E-state index >= 15 is 0 Å². The quantitative estimate of drug-likeness (QED) is 0.110. The minimum atomic E-state index is 0.00656. The van der Waals surface area contributed by atoms with Crippen LogP contribution in [0.1, 0.15) is 153 Å². The zero-order chi connectivity index (χ0) is 32.7. The van der Waals surface area contributed by atoms with Gasteiger partial charge in [0.05, 0.1) is 0 Å². The van der Waals surface area contributed by atoms with Gasteiger partial charge < -0.3 is 0 Å². The first kappa shape index (κ1) is 36.2. The summed E-state index contributed by atoms with van der Waals surface area (Å²) >= 11 is 0.00656. The van der Waals surface area contributed by atoms with Crippen molar-refractivity contribution in [1.29, 1.82) is 0 Å². The smallest absolute Gasteiger partial charge is 0.0996 e. The molecule has 0 nitrogen and oxygen atoms in total. The van der Waals surface area contributed by atoms with Crippen molar-refractivity contribution in [3.05, 3.63) is 104 Å². The second-order valence-corrected chi connectivity index (χ2v) is 20.7. The van der Waals surface area contributed by atoms with E-state index in [4.69, 9.17) is 0 Å². The second-order valence-electron chi connectivity index (χ2n) is 15.7. The standard InChI is InChI=1S/C44H64I/c1-11-14-31(4)37-25-22-36(23-26-37)28-40-17-13-18-41(30(2)3)43(40)34(7)39-16-12-15-35(27-39)21-19-32(5)38-24-20-33(6)42(29-38)45-44(8,9)10/h12,15-16,20,24,27,29,32,34,36-37,40H,2,4,11,13-14,17-19,21-23,25-26,28H2,1,3,5-10H3/q-1/t32-,34?,36?,37?,40?/m1/s1. The normalized spacial score (nSPS) is 22.4. The number of hydrogen-bond acceptors (Lipinski definition) is 0. The van der Waals surface area contributed by atoms with Crippen molar-refractivity contribution in [1.82, 2.24) is 0 Å². The van der Waals surface area contributed by atoms with Gasteiger partial charge in [-0.25, -0.2) is 0 Å². The predicted octanol–water partition coefficient (Wildman–Crippen LogP) is 10.1. The van der Waals surface area contributed by atoms with Gasteiger partial charge in [-0.15, -0.1) is 0 Å². The molecule has 0 amide bonds. The third-order valence-electron chi connectivity index (χ3n) is 10.8. The molecule has 4 rings (SSSR count). The maximum atomic E-state index is 4.49. The van der Waals surface area contributed by atoms with Crippen molar-refractivity contribution >= 4 is 0 Å². The first-order chi connectivity index (χ1) is 21.4. The van der Waals surface area contributed by atoms with E-state index in [1.54, 1.807) is 14.7 Å². The molecule has 2 unspecified atom stereocenters. The van der Waals surface area contributed by atoms with Gasteiger partial charge in [-0.2, -0.15) is 0 Å². The van der Waals surface area contributed by atoms with Crippen LogP contribution in [-0.4, -0.2) is 3.42 Å². The van der Waals surface area contributed by atoms with E-state index < -0.39 is 0 Å². The molecule has 2 aliphatic rings. The molecule has 45 heavy (non-hydrogen) atoms. The minimum absolute atomic E-state index is 0.00656. The van der Waals surface area contributed by atoms with Crippen LogP contribution >= 0.6 is 0 Å². The van der Waals surface area contributed by atoms with Crippen LogP contribution < -0.4 is 21.2 Å². The summed E-state index contributed by atoms with van der Waals surface area (Å²) in [4.78, 5) is 0. The fraction of sp³-hybridized carbons (Fsp3) is 0.591. The van der Waals surface area contributed by atoms with Crippen LogP contribution in [0.4, 0.5) is 0 Å². The number of rotatable bonds is 13. The van der Waals surface area contributed by atoms with Gasteiger partial charge in [0.2, 0.25) is 0 Å². The van der Waals surface area contributed by atoms with Gasteiger partial charge in [-0.05, 0) is 76.5 Å². The molecule has 0 N–H and O–H groups in total. The zero-order valence-corrected chi connectivity index (χ0v) is 32.4. The number of hydrogen-bond donors (Lipinski definition) is 0. The second kappa shape index (κ2) is 16.5. The molecule has 0 aromatic heterocycles. The summed E-state index contributed by atoms with van der Waals surface area (Å²) in [6.07, 6.45) is 15.6. The summed E-state index contributed by atoms with van der Waals surface area (Å²) in [5, 5.41) is 0. The average molecular weight is 720 g/mol. The molecule has 2 aromatic carbocycles. The number of halogens is 1. The van der Waals surface area contributed by atoms with E-state index in [1.165, 1.54) is 104 Å². The van der Waals surface area contributed by atoms with Crippen LogP contribution in [0.25, 0.3) is 0 Å². The molecule has 248 valence electrons. The molecule has 0 heterocycles. The maximum absolute atomic E-state index is 4.49. The summed E-state index contributed by atoms with van der Waals surface area (Å²) < 4.78 is 2.04. The van der Waals surface area contributed by atoms with E-state index in [0.29, 0.717) is 21.2 Å². The van der Waals surface area contributed by atoms with Crippen LogP contribution in [0.2, 0.25) is 0 Å². The van der Waals surface area contributed by atoms with Crippen molar-refractivity contribution < 1.29 is 21.2 Å². The molecule has 0 radical (unpaired) electrons. The van der Waals surface area contributed by atoms with Crippen molar-refractivity contribution in [2.24, 2.45) is 17.8 Å². The summed E-state index contributed by atoms with van der Waals surface area (Å²) in [5.74, 6) is 3.38. The van der Waals surface area contributed by atoms with Gasteiger partial charge in [0, 0.05) is 0 Å². The molecule has 1 saturated carbocycles. The van der Waals surface area contributed by atoms with Crippen LogP contribution in [0, 0.1) is 28.2 Å². The SMILES string of the molecule is C=C(C)C1=C(C(C)c2cccc(CC[C@@H](C)c3ccc(C)c([I-]C(C)(C)C)c3)c2)C(CC2CCC(C(=C)CCC)CC2)CCC1. The Morgan fingerprint density at radius 1 is 0.956 bits per heavy atom. The molecule has 2 aliphatic carbocycles. The van der Waals surface area contributed by atoms with Crippen LogP contribution in [-0.2, 0) is 6.42 Å². The monoisotopic (exact) mass is 719 g/mol. The molecule has 0 aliphatic heterocycles. The van der Waals surface area contributed by atoms with E-state index in [1.807, 2.05) is 0 Å². The molecule has 2 aromatic rings. The van der Waals surface area contributed by atoms with Crippen LogP contribution in [0.3, 0.4) is 0 Å². The Morgan fingerprint density at radius 2 is 1.69 bits per heavy atom. The number of allylic oxidation sites excluding steroid dienone is 4. The van der Waals surface area contributed by atoms with Gasteiger partial charge in [0.1, 0.15) is 0 Å². The Morgan fingerprint density at radius 3 is 2.36 bits per heavy atom. The van der Waals surface area contributed by atoms with E-state index in [9.17, 15) is 0 Å². The Hall–Kier alpha value is -1.61. The fourth-order valence-electron chi connectivity index (χ4n) is 8.20. The Kier molecular flexibility index (Phi) is 13.3. The summed E-state index contributed by atoms with van der Waals surface area (Å²) in [6, 6.07) is 16.9. The van der Waals surface area contributed by atoms with Gasteiger partial charge in [0.15, 0.2) is 0 Å². The third-order valence-corrected chi connectivity index (χ3v) is 14.2. The zero-order valence-electron chi connectivity index (χ0n) is 30.2. The molecular formula is C44H64I-. The minimum Gasteiger partial charge on any atom is -0.0996 e. The van der Waals surface area contributed by atoms with Crippen molar-refractivity contribution in [3.63, 3.8) is 0 Å². The number of benzene rings is 2. The summed E-state index contributed by atoms with van der Waals surface area (Å²) in [5.41, 5.74) is 12.1. The van der Waals surface area contributed by atoms with E-state index in [2.05, 4.69) is 111 Å². The Bertz CT molecular complexity index is 1320. The average Bonchev–Trinajstić information content (AvgIpc) is 3.00. The van der Waals surface area contributed by atoms with Crippen molar-refractivity contribution in [2.75, 3.05) is 0 Å². The number of alkyl halides is 1. The Balaban J connectivity index is 1.45.